The van der Waals surface area contributed by atoms with Crippen LogP contribution in [0.2, 0.25) is 5.02 Å². The summed E-state index contributed by atoms with van der Waals surface area (Å²) in [5.74, 6) is -1.11. The molecule has 6 nitrogen and oxygen atoms in total. The van der Waals surface area contributed by atoms with Crippen LogP contribution in [0.4, 0.5) is 11.4 Å². The van der Waals surface area contributed by atoms with E-state index in [1.807, 2.05) is 13.8 Å². The van der Waals surface area contributed by atoms with E-state index < -0.39 is 5.97 Å². The van der Waals surface area contributed by atoms with E-state index in [4.69, 9.17) is 22.4 Å². The number of hydrogen-bond donors (Lipinski definition) is 3. The van der Waals surface area contributed by atoms with E-state index in [1.54, 1.807) is 4.90 Å². The second-order valence-corrected chi connectivity index (χ2v) is 4.88. The molecule has 0 atom stereocenters. The Kier molecular flexibility index (Phi) is 6.30. The molecule has 0 radical (unpaired) electrons. The number of aromatic carboxylic acids is 1. The number of nitrogen functional groups attached to an aromatic ring is 1. The molecule has 0 saturated carbocycles. The maximum Gasteiger partial charge on any atom is 0.337 e. The third-order valence-corrected chi connectivity index (χ3v) is 3.40. The highest BCUT2D eigenvalue weighted by molar-refractivity contribution is 6.34. The smallest absolute Gasteiger partial charge is 0.337 e. The van der Waals surface area contributed by atoms with Crippen LogP contribution >= 0.6 is 11.6 Å². The number of halogens is 1. The van der Waals surface area contributed by atoms with Crippen molar-refractivity contribution in [3.05, 3.63) is 22.7 Å². The largest absolute Gasteiger partial charge is 0.478 e. The van der Waals surface area contributed by atoms with Crippen LogP contribution in [-0.2, 0) is 4.79 Å². The maximum atomic E-state index is 11.9. The first-order valence-corrected chi connectivity index (χ1v) is 7.12. The van der Waals surface area contributed by atoms with Crippen LogP contribution in [0.25, 0.3) is 0 Å². The van der Waals surface area contributed by atoms with Gasteiger partial charge in [-0.2, -0.15) is 0 Å². The minimum absolute atomic E-state index is 0.00436. The highest BCUT2D eigenvalue weighted by Gasteiger charge is 2.15. The normalized spacial score (nSPS) is 10.2. The number of anilines is 2. The lowest BCUT2D eigenvalue weighted by Gasteiger charge is -2.19. The molecule has 0 saturated heterocycles. The molecule has 0 aliphatic carbocycles. The molecule has 4 N–H and O–H groups in total. The molecular weight excluding hydrogens is 294 g/mol. The van der Waals surface area contributed by atoms with Crippen LogP contribution in [0.1, 0.15) is 30.6 Å². The first-order chi connectivity index (χ1) is 9.90. The van der Waals surface area contributed by atoms with Gasteiger partial charge in [0.15, 0.2) is 0 Å². The number of hydrogen-bond acceptors (Lipinski definition) is 4. The van der Waals surface area contributed by atoms with Gasteiger partial charge in [0.2, 0.25) is 5.91 Å². The van der Waals surface area contributed by atoms with Gasteiger partial charge in [-0.25, -0.2) is 4.79 Å². The van der Waals surface area contributed by atoms with E-state index in [-0.39, 0.29) is 34.3 Å². The highest BCUT2D eigenvalue weighted by atomic mass is 35.5. The van der Waals surface area contributed by atoms with Crippen LogP contribution in [-0.4, -0.2) is 41.5 Å². The fraction of sp³-hybridized carbons (Fsp3) is 0.429. The van der Waals surface area contributed by atoms with Gasteiger partial charge in [-0.1, -0.05) is 11.6 Å². The Bertz CT molecular complexity index is 530. The quantitative estimate of drug-likeness (QED) is 0.671. The summed E-state index contributed by atoms with van der Waals surface area (Å²) in [6, 6.07) is 2.81. The predicted molar refractivity (Wildman–Crippen MR) is 83.9 cm³/mol. The fourth-order valence-electron chi connectivity index (χ4n) is 2.00. The van der Waals surface area contributed by atoms with Crippen molar-refractivity contribution in [2.75, 3.05) is 30.7 Å². The molecule has 1 amide bonds. The van der Waals surface area contributed by atoms with Crippen LogP contribution in [0.3, 0.4) is 0 Å². The molecule has 0 fully saturated rings. The maximum absolute atomic E-state index is 11.9. The van der Waals surface area contributed by atoms with E-state index in [1.165, 1.54) is 12.1 Å². The number of carboxylic acids is 1. The Morgan fingerprint density at radius 3 is 2.48 bits per heavy atom. The molecule has 0 heterocycles. The van der Waals surface area contributed by atoms with Crippen molar-refractivity contribution in [2.24, 2.45) is 0 Å². The van der Waals surface area contributed by atoms with Crippen molar-refractivity contribution in [1.82, 2.24) is 4.90 Å². The van der Waals surface area contributed by atoms with Crippen molar-refractivity contribution < 1.29 is 14.7 Å². The predicted octanol–water partition coefficient (Wildman–Crippen LogP) is 2.29. The molecule has 0 aromatic heterocycles. The summed E-state index contributed by atoms with van der Waals surface area (Å²) >= 11 is 6.01. The second-order valence-electron chi connectivity index (χ2n) is 4.47. The number of carbonyl (C=O) groups is 2. The standard InChI is InChI=1S/C14H20ClN3O3/c1-3-18(4-2)12(19)5-6-17-13-10(14(20)21)7-9(16)8-11(13)15/h7-8,17H,3-6,16H2,1-2H3,(H,20,21). The molecule has 0 bridgehead atoms. The van der Waals surface area contributed by atoms with Crippen molar-refractivity contribution in [2.45, 2.75) is 20.3 Å². The van der Waals surface area contributed by atoms with Gasteiger partial charge in [-0.3, -0.25) is 4.79 Å². The minimum atomic E-state index is -1.12. The minimum Gasteiger partial charge on any atom is -0.478 e. The molecular formula is C14H20ClN3O3. The Hall–Kier alpha value is -1.95. The molecule has 0 aliphatic rings. The first-order valence-electron chi connectivity index (χ1n) is 6.74. The van der Waals surface area contributed by atoms with Crippen LogP contribution in [0.15, 0.2) is 12.1 Å². The molecule has 1 aromatic carbocycles. The van der Waals surface area contributed by atoms with E-state index in [9.17, 15) is 9.59 Å². The number of amides is 1. The number of carboxylic acid groups (broad SMARTS) is 1. The lowest BCUT2D eigenvalue weighted by molar-refractivity contribution is -0.130. The van der Waals surface area contributed by atoms with E-state index in [0.29, 0.717) is 19.6 Å². The van der Waals surface area contributed by atoms with Gasteiger partial charge in [0, 0.05) is 31.7 Å². The van der Waals surface area contributed by atoms with Crippen LogP contribution in [0.5, 0.6) is 0 Å². The molecule has 0 aliphatic heterocycles. The summed E-state index contributed by atoms with van der Waals surface area (Å²) < 4.78 is 0. The Labute approximate surface area is 128 Å². The fourth-order valence-corrected chi connectivity index (χ4v) is 2.30. The summed E-state index contributed by atoms with van der Waals surface area (Å²) in [5, 5.41) is 12.3. The van der Waals surface area contributed by atoms with Crippen LogP contribution < -0.4 is 11.1 Å². The Morgan fingerprint density at radius 2 is 1.95 bits per heavy atom. The van der Waals surface area contributed by atoms with Gasteiger partial charge in [-0.15, -0.1) is 0 Å². The SMILES string of the molecule is CCN(CC)C(=O)CCNc1c(Cl)cc(N)cc1C(=O)O. The molecule has 21 heavy (non-hydrogen) atoms. The highest BCUT2D eigenvalue weighted by Crippen LogP contribution is 2.29. The van der Waals surface area contributed by atoms with Gasteiger partial charge in [0.25, 0.3) is 0 Å². The molecule has 7 heteroatoms. The van der Waals surface area contributed by atoms with Crippen LogP contribution in [0, 0.1) is 0 Å². The number of nitrogens with zero attached hydrogens (tertiary/aromatic N) is 1. The number of carbonyl (C=O) groups excluding carboxylic acids is 1. The summed E-state index contributed by atoms with van der Waals surface area (Å²) in [4.78, 5) is 24.8. The third kappa shape index (κ3) is 4.53. The average Bonchev–Trinajstić information content (AvgIpc) is 2.41. The monoisotopic (exact) mass is 313 g/mol. The summed E-state index contributed by atoms with van der Waals surface area (Å²) in [6.07, 6.45) is 0.265. The molecule has 1 aromatic rings. The van der Waals surface area contributed by atoms with Gasteiger partial charge < -0.3 is 21.1 Å². The summed E-state index contributed by atoms with van der Waals surface area (Å²) in [5.41, 5.74) is 6.14. The number of rotatable bonds is 7. The molecule has 0 spiro atoms. The van der Waals surface area contributed by atoms with Crippen molar-refractivity contribution >= 4 is 34.9 Å². The van der Waals surface area contributed by atoms with E-state index in [2.05, 4.69) is 5.32 Å². The first kappa shape index (κ1) is 17.1. The number of nitrogens with two attached hydrogens (primary N) is 1. The van der Waals surface area contributed by atoms with Crippen molar-refractivity contribution in [3.63, 3.8) is 0 Å². The van der Waals surface area contributed by atoms with Gasteiger partial charge in [0.05, 0.1) is 16.3 Å². The molecule has 1 rings (SSSR count). The topological polar surface area (TPSA) is 95.7 Å². The number of nitrogens with one attached hydrogen (secondary N) is 1. The Balaban J connectivity index is 2.76. The lowest BCUT2D eigenvalue weighted by atomic mass is 10.1. The molecule has 0 unspecified atom stereocenters. The van der Waals surface area contributed by atoms with E-state index >= 15 is 0 Å². The lowest BCUT2D eigenvalue weighted by Crippen LogP contribution is -2.31. The molecule has 116 valence electrons. The zero-order valence-electron chi connectivity index (χ0n) is 12.1. The Morgan fingerprint density at radius 1 is 1.33 bits per heavy atom. The zero-order valence-corrected chi connectivity index (χ0v) is 12.9. The third-order valence-electron chi connectivity index (χ3n) is 3.10. The van der Waals surface area contributed by atoms with Gasteiger partial charge >= 0.3 is 5.97 Å². The average molecular weight is 314 g/mol. The van der Waals surface area contributed by atoms with Gasteiger partial charge in [0.1, 0.15) is 0 Å². The summed E-state index contributed by atoms with van der Waals surface area (Å²) in [7, 11) is 0. The number of benzene rings is 1. The second kappa shape index (κ2) is 7.73. The zero-order chi connectivity index (χ0) is 16.0. The van der Waals surface area contributed by atoms with E-state index in [0.717, 1.165) is 0 Å². The van der Waals surface area contributed by atoms with Crippen molar-refractivity contribution in [1.29, 1.82) is 0 Å². The van der Waals surface area contributed by atoms with Crippen molar-refractivity contribution in [3.8, 4) is 0 Å². The summed E-state index contributed by atoms with van der Waals surface area (Å²) in [6.45, 7) is 5.43. The van der Waals surface area contributed by atoms with Gasteiger partial charge in [-0.05, 0) is 26.0 Å².